The second kappa shape index (κ2) is 5.31. The Morgan fingerprint density at radius 1 is 1.06 bits per heavy atom. The number of pyridine rings is 1. The summed E-state index contributed by atoms with van der Waals surface area (Å²) in [6.45, 7) is 0. The summed E-state index contributed by atoms with van der Waals surface area (Å²) in [5.74, 6) is 1.78. The number of aromatic nitrogens is 3. The number of methoxy groups -OCH3 is 2. The normalized spacial score (nSPS) is 9.94. The summed E-state index contributed by atoms with van der Waals surface area (Å²) in [7, 11) is 4.93. The van der Waals surface area contributed by atoms with Gasteiger partial charge in [0.05, 0.1) is 14.2 Å². The highest BCUT2D eigenvalue weighted by molar-refractivity contribution is 5.73. The largest absolute Gasteiger partial charge is 0.494 e. The van der Waals surface area contributed by atoms with Crippen LogP contribution in [0, 0.1) is 0 Å². The highest BCUT2D eigenvalue weighted by atomic mass is 16.5. The topological polar surface area (TPSA) is 69.2 Å². The summed E-state index contributed by atoms with van der Waals surface area (Å²) >= 11 is 0. The van der Waals surface area contributed by atoms with Gasteiger partial charge in [0.1, 0.15) is 23.5 Å². The van der Waals surface area contributed by atoms with E-state index in [1.54, 1.807) is 33.5 Å². The average Bonchev–Trinajstić information content (AvgIpc) is 2.46. The summed E-state index contributed by atoms with van der Waals surface area (Å²) in [6, 6.07) is 3.62. The number of rotatable bonds is 4. The van der Waals surface area contributed by atoms with Crippen LogP contribution in [0.15, 0.2) is 24.7 Å². The fourth-order valence-corrected chi connectivity index (χ4v) is 1.65. The molecule has 6 nitrogen and oxygen atoms in total. The van der Waals surface area contributed by atoms with E-state index in [9.17, 15) is 0 Å². The van der Waals surface area contributed by atoms with E-state index in [2.05, 4.69) is 20.3 Å². The minimum Gasteiger partial charge on any atom is -0.494 e. The van der Waals surface area contributed by atoms with Crippen LogP contribution in [0.25, 0.3) is 11.4 Å². The molecule has 0 atom stereocenters. The number of anilines is 1. The summed E-state index contributed by atoms with van der Waals surface area (Å²) < 4.78 is 10.6. The molecule has 2 aromatic rings. The van der Waals surface area contributed by atoms with Gasteiger partial charge in [0.25, 0.3) is 0 Å². The lowest BCUT2D eigenvalue weighted by Crippen LogP contribution is -2.02. The molecule has 6 heteroatoms. The van der Waals surface area contributed by atoms with Gasteiger partial charge in [-0.15, -0.1) is 0 Å². The van der Waals surface area contributed by atoms with Crippen LogP contribution in [0.4, 0.5) is 5.82 Å². The molecule has 0 aliphatic heterocycles. The predicted molar refractivity (Wildman–Crippen MR) is 67.9 cm³/mol. The molecule has 0 aliphatic carbocycles. The molecule has 0 radical (unpaired) electrons. The van der Waals surface area contributed by atoms with Crippen molar-refractivity contribution in [3.8, 4) is 22.9 Å². The maximum Gasteiger partial charge on any atom is 0.189 e. The number of hydrogen-bond donors (Lipinski definition) is 1. The van der Waals surface area contributed by atoms with Crippen molar-refractivity contribution in [2.45, 2.75) is 0 Å². The Hall–Kier alpha value is -2.37. The lowest BCUT2D eigenvalue weighted by Gasteiger charge is -2.12. The third-order valence-electron chi connectivity index (χ3n) is 2.46. The molecule has 2 aromatic heterocycles. The number of nitrogens with zero attached hydrogens (tertiary/aromatic N) is 3. The Morgan fingerprint density at radius 2 is 1.89 bits per heavy atom. The van der Waals surface area contributed by atoms with Crippen LogP contribution in [0.2, 0.25) is 0 Å². The maximum atomic E-state index is 5.34. The summed E-state index contributed by atoms with van der Waals surface area (Å²) in [6.07, 6.45) is 3.14. The van der Waals surface area contributed by atoms with Crippen molar-refractivity contribution >= 4 is 5.82 Å². The summed E-state index contributed by atoms with van der Waals surface area (Å²) in [5.41, 5.74) is 1.21. The van der Waals surface area contributed by atoms with Crippen molar-refractivity contribution in [1.82, 2.24) is 15.0 Å². The van der Waals surface area contributed by atoms with Crippen LogP contribution in [0.1, 0.15) is 0 Å². The smallest absolute Gasteiger partial charge is 0.189 e. The van der Waals surface area contributed by atoms with Gasteiger partial charge in [0.2, 0.25) is 0 Å². The first-order chi connectivity index (χ1) is 8.81. The fraction of sp³-hybridized carbons (Fsp3) is 0.250. The van der Waals surface area contributed by atoms with Crippen LogP contribution >= 0.6 is 0 Å². The van der Waals surface area contributed by atoms with Crippen molar-refractivity contribution in [1.29, 1.82) is 0 Å². The zero-order valence-corrected chi connectivity index (χ0v) is 10.5. The molecule has 0 amide bonds. The molecule has 0 spiro atoms. The van der Waals surface area contributed by atoms with E-state index in [-0.39, 0.29) is 0 Å². The zero-order chi connectivity index (χ0) is 13.0. The van der Waals surface area contributed by atoms with Crippen LogP contribution in [0.3, 0.4) is 0 Å². The monoisotopic (exact) mass is 246 g/mol. The quantitative estimate of drug-likeness (QED) is 0.883. The first-order valence-electron chi connectivity index (χ1n) is 5.38. The Balaban J connectivity index is 2.63. The molecule has 1 N–H and O–H groups in total. The number of nitrogens with one attached hydrogen (secondary N) is 1. The molecule has 2 rings (SSSR count). The molecule has 0 saturated heterocycles. The Bertz CT molecular complexity index is 545. The zero-order valence-electron chi connectivity index (χ0n) is 10.5. The standard InChI is InChI=1S/C12H14N4O2/c1-13-12-11(18-3)10(15-7-16-12)9-8(17-2)5-4-6-14-9/h4-7H,1-3H3,(H,13,15,16). The van der Waals surface area contributed by atoms with Crippen molar-refractivity contribution in [2.75, 3.05) is 26.6 Å². The van der Waals surface area contributed by atoms with Crippen molar-refractivity contribution in [2.24, 2.45) is 0 Å². The summed E-state index contributed by atoms with van der Waals surface area (Å²) in [4.78, 5) is 12.6. The molecule has 0 fully saturated rings. The van der Waals surface area contributed by atoms with E-state index in [0.717, 1.165) is 0 Å². The second-order valence-electron chi connectivity index (χ2n) is 3.41. The molecular formula is C12H14N4O2. The van der Waals surface area contributed by atoms with Gasteiger partial charge in [0, 0.05) is 13.2 Å². The van der Waals surface area contributed by atoms with E-state index in [4.69, 9.17) is 9.47 Å². The van der Waals surface area contributed by atoms with Gasteiger partial charge in [-0.2, -0.15) is 0 Å². The van der Waals surface area contributed by atoms with Gasteiger partial charge < -0.3 is 14.8 Å². The van der Waals surface area contributed by atoms with E-state index < -0.39 is 0 Å². The minimum atomic E-state index is 0.539. The molecule has 18 heavy (non-hydrogen) atoms. The Kier molecular flexibility index (Phi) is 3.57. The fourth-order valence-electron chi connectivity index (χ4n) is 1.65. The van der Waals surface area contributed by atoms with Crippen molar-refractivity contribution in [3.63, 3.8) is 0 Å². The molecule has 0 aliphatic rings. The molecule has 0 bridgehead atoms. The van der Waals surface area contributed by atoms with Gasteiger partial charge in [-0.3, -0.25) is 4.98 Å². The van der Waals surface area contributed by atoms with Gasteiger partial charge in [-0.25, -0.2) is 9.97 Å². The SMILES string of the molecule is CNc1ncnc(-c2ncccc2OC)c1OC. The number of hydrogen-bond acceptors (Lipinski definition) is 6. The van der Waals surface area contributed by atoms with Crippen LogP contribution in [0.5, 0.6) is 11.5 Å². The van der Waals surface area contributed by atoms with E-state index >= 15 is 0 Å². The minimum absolute atomic E-state index is 0.539. The molecule has 0 saturated carbocycles. The van der Waals surface area contributed by atoms with Gasteiger partial charge in [0.15, 0.2) is 11.6 Å². The highest BCUT2D eigenvalue weighted by Crippen LogP contribution is 2.35. The van der Waals surface area contributed by atoms with Crippen LogP contribution in [-0.4, -0.2) is 36.2 Å². The third kappa shape index (κ3) is 2.04. The highest BCUT2D eigenvalue weighted by Gasteiger charge is 2.17. The second-order valence-corrected chi connectivity index (χ2v) is 3.41. The van der Waals surface area contributed by atoms with E-state index in [1.807, 2.05) is 6.07 Å². The number of ether oxygens (including phenoxy) is 2. The first-order valence-corrected chi connectivity index (χ1v) is 5.38. The van der Waals surface area contributed by atoms with Crippen molar-refractivity contribution in [3.05, 3.63) is 24.7 Å². The van der Waals surface area contributed by atoms with Gasteiger partial charge in [-0.1, -0.05) is 0 Å². The van der Waals surface area contributed by atoms with Crippen LogP contribution < -0.4 is 14.8 Å². The van der Waals surface area contributed by atoms with E-state index in [0.29, 0.717) is 28.7 Å². The molecule has 94 valence electrons. The lowest BCUT2D eigenvalue weighted by molar-refractivity contribution is 0.407. The summed E-state index contributed by atoms with van der Waals surface area (Å²) in [5, 5.41) is 2.95. The Morgan fingerprint density at radius 3 is 2.56 bits per heavy atom. The third-order valence-corrected chi connectivity index (χ3v) is 2.46. The molecule has 0 unspecified atom stereocenters. The Labute approximate surface area is 105 Å². The van der Waals surface area contributed by atoms with E-state index in [1.165, 1.54) is 6.33 Å². The van der Waals surface area contributed by atoms with Crippen molar-refractivity contribution < 1.29 is 9.47 Å². The van der Waals surface area contributed by atoms with Crippen LogP contribution in [-0.2, 0) is 0 Å². The average molecular weight is 246 g/mol. The lowest BCUT2D eigenvalue weighted by atomic mass is 10.2. The molecule has 0 aromatic carbocycles. The first kappa shape index (κ1) is 12.1. The molecular weight excluding hydrogens is 232 g/mol. The maximum absolute atomic E-state index is 5.34. The van der Waals surface area contributed by atoms with Gasteiger partial charge >= 0.3 is 0 Å². The van der Waals surface area contributed by atoms with Gasteiger partial charge in [-0.05, 0) is 12.1 Å². The predicted octanol–water partition coefficient (Wildman–Crippen LogP) is 1.60. The molecule has 2 heterocycles.